The number of amides is 1. The van der Waals surface area contributed by atoms with Gasteiger partial charge in [-0.3, -0.25) is 9.10 Å². The molecule has 1 aromatic carbocycles. The van der Waals surface area contributed by atoms with Gasteiger partial charge in [0.1, 0.15) is 5.00 Å². The highest BCUT2D eigenvalue weighted by atomic mass is 32.2. The number of esters is 1. The summed E-state index contributed by atoms with van der Waals surface area (Å²) >= 11 is 1.42. The van der Waals surface area contributed by atoms with Gasteiger partial charge in [-0.2, -0.15) is 0 Å². The number of nitrogens with zero attached hydrogens (tertiary/aromatic N) is 1. The number of rotatable bonds is 5. The van der Waals surface area contributed by atoms with Gasteiger partial charge < -0.3 is 10.1 Å². The Bertz CT molecular complexity index is 1010. The Balaban J connectivity index is 1.85. The summed E-state index contributed by atoms with van der Waals surface area (Å²) in [6.07, 6.45) is 4.89. The SMILES string of the molecule is COC(=O)c1c(NC(=O)c2ccc(N(C)S(C)(=O)=O)cc2)sc2c1CCCC2. The molecule has 0 aliphatic heterocycles. The molecule has 7 nitrogen and oxygen atoms in total. The minimum absolute atomic E-state index is 0.364. The van der Waals surface area contributed by atoms with Crippen LogP contribution in [0.1, 0.15) is 44.0 Å². The van der Waals surface area contributed by atoms with E-state index in [0.29, 0.717) is 21.8 Å². The third-order valence-corrected chi connectivity index (χ3v) is 7.19. The van der Waals surface area contributed by atoms with Gasteiger partial charge in [-0.1, -0.05) is 0 Å². The molecule has 0 fully saturated rings. The van der Waals surface area contributed by atoms with Crippen LogP contribution in [0.25, 0.3) is 0 Å². The number of ether oxygens (including phenoxy) is 1. The van der Waals surface area contributed by atoms with Gasteiger partial charge in [0, 0.05) is 17.5 Å². The van der Waals surface area contributed by atoms with Crippen LogP contribution in [0.4, 0.5) is 10.7 Å². The zero-order chi connectivity index (χ0) is 20.5. The van der Waals surface area contributed by atoms with Gasteiger partial charge in [-0.05, 0) is 55.5 Å². The highest BCUT2D eigenvalue weighted by Gasteiger charge is 2.27. The van der Waals surface area contributed by atoms with E-state index >= 15 is 0 Å². The molecule has 1 N–H and O–H groups in total. The predicted molar refractivity (Wildman–Crippen MR) is 110 cm³/mol. The van der Waals surface area contributed by atoms with E-state index in [-0.39, 0.29) is 5.91 Å². The monoisotopic (exact) mass is 422 g/mol. The minimum Gasteiger partial charge on any atom is -0.465 e. The smallest absolute Gasteiger partial charge is 0.341 e. The second-order valence-corrected chi connectivity index (χ2v) is 9.76. The average molecular weight is 423 g/mol. The van der Waals surface area contributed by atoms with Gasteiger partial charge in [0.15, 0.2) is 0 Å². The van der Waals surface area contributed by atoms with Crippen LogP contribution in [0.3, 0.4) is 0 Å². The van der Waals surface area contributed by atoms with Gasteiger partial charge in [0.2, 0.25) is 10.0 Å². The molecule has 9 heteroatoms. The van der Waals surface area contributed by atoms with Crippen molar-refractivity contribution in [2.75, 3.05) is 30.0 Å². The first-order valence-corrected chi connectivity index (χ1v) is 11.5. The Morgan fingerprint density at radius 2 is 1.79 bits per heavy atom. The number of anilines is 2. The van der Waals surface area contributed by atoms with Crippen molar-refractivity contribution in [1.82, 2.24) is 0 Å². The van der Waals surface area contributed by atoms with Crippen LogP contribution in [-0.4, -0.2) is 40.7 Å². The van der Waals surface area contributed by atoms with E-state index in [4.69, 9.17) is 4.74 Å². The molecule has 1 aromatic heterocycles. The molecule has 150 valence electrons. The second-order valence-electron chi connectivity index (χ2n) is 6.64. The van der Waals surface area contributed by atoms with Crippen LogP contribution in [0, 0.1) is 0 Å². The summed E-state index contributed by atoms with van der Waals surface area (Å²) < 4.78 is 29.3. The molecule has 1 amide bonds. The number of thiophene rings is 1. The van der Waals surface area contributed by atoms with Gasteiger partial charge in [-0.25, -0.2) is 13.2 Å². The van der Waals surface area contributed by atoms with E-state index in [1.165, 1.54) is 25.5 Å². The summed E-state index contributed by atoms with van der Waals surface area (Å²) in [5, 5.41) is 3.33. The first-order valence-electron chi connectivity index (χ1n) is 8.80. The van der Waals surface area contributed by atoms with Gasteiger partial charge in [0.25, 0.3) is 5.91 Å². The minimum atomic E-state index is -3.37. The Morgan fingerprint density at radius 3 is 2.39 bits per heavy atom. The normalized spacial score (nSPS) is 13.5. The van der Waals surface area contributed by atoms with Crippen LogP contribution in [0.2, 0.25) is 0 Å². The summed E-state index contributed by atoms with van der Waals surface area (Å²) in [6, 6.07) is 6.24. The molecule has 1 heterocycles. The number of hydrogen-bond donors (Lipinski definition) is 1. The maximum atomic E-state index is 12.7. The summed E-state index contributed by atoms with van der Waals surface area (Å²) in [5.41, 5.74) is 2.25. The fourth-order valence-corrected chi connectivity index (χ4v) is 4.94. The van der Waals surface area contributed by atoms with Crippen molar-refractivity contribution in [3.63, 3.8) is 0 Å². The van der Waals surface area contributed by atoms with Crippen LogP contribution >= 0.6 is 11.3 Å². The first-order chi connectivity index (χ1) is 13.2. The number of hydrogen-bond acceptors (Lipinski definition) is 6. The Kier molecular flexibility index (Phi) is 5.76. The van der Waals surface area contributed by atoms with Crippen LogP contribution in [0.5, 0.6) is 0 Å². The summed E-state index contributed by atoms with van der Waals surface area (Å²) in [4.78, 5) is 26.1. The lowest BCUT2D eigenvalue weighted by atomic mass is 9.95. The van der Waals surface area contributed by atoms with E-state index in [1.807, 2.05) is 0 Å². The number of fused-ring (bicyclic) bond motifs is 1. The number of aryl methyl sites for hydroxylation is 1. The largest absolute Gasteiger partial charge is 0.465 e. The lowest BCUT2D eigenvalue weighted by Crippen LogP contribution is -2.24. The van der Waals surface area contributed by atoms with Crippen molar-refractivity contribution >= 4 is 43.9 Å². The number of sulfonamides is 1. The fourth-order valence-electron chi connectivity index (χ4n) is 3.16. The van der Waals surface area contributed by atoms with Crippen LogP contribution in [0.15, 0.2) is 24.3 Å². The third-order valence-electron chi connectivity index (χ3n) is 4.78. The van der Waals surface area contributed by atoms with E-state index in [0.717, 1.165) is 46.7 Å². The highest BCUT2D eigenvalue weighted by molar-refractivity contribution is 7.92. The summed E-state index contributed by atoms with van der Waals surface area (Å²) in [6.45, 7) is 0. The van der Waals surface area contributed by atoms with Crippen molar-refractivity contribution < 1.29 is 22.7 Å². The Hall–Kier alpha value is -2.39. The lowest BCUT2D eigenvalue weighted by molar-refractivity contribution is 0.0601. The molecule has 3 rings (SSSR count). The van der Waals surface area contributed by atoms with Gasteiger partial charge in [-0.15, -0.1) is 11.3 Å². The zero-order valence-corrected chi connectivity index (χ0v) is 17.6. The molecular weight excluding hydrogens is 400 g/mol. The zero-order valence-electron chi connectivity index (χ0n) is 15.9. The van der Waals surface area contributed by atoms with Gasteiger partial charge in [0.05, 0.1) is 24.6 Å². The number of benzene rings is 1. The molecule has 28 heavy (non-hydrogen) atoms. The Morgan fingerprint density at radius 1 is 1.14 bits per heavy atom. The van der Waals surface area contributed by atoms with E-state index in [1.54, 1.807) is 24.3 Å². The quantitative estimate of drug-likeness (QED) is 0.748. The predicted octanol–water partition coefficient (Wildman–Crippen LogP) is 3.06. The summed E-state index contributed by atoms with van der Waals surface area (Å²) in [7, 11) is -0.596. The van der Waals surface area contributed by atoms with E-state index < -0.39 is 16.0 Å². The molecule has 0 saturated carbocycles. The Labute approximate surface area is 168 Å². The van der Waals surface area contributed by atoms with Crippen LogP contribution < -0.4 is 9.62 Å². The van der Waals surface area contributed by atoms with Crippen LogP contribution in [-0.2, 0) is 27.6 Å². The molecule has 0 spiro atoms. The van der Waals surface area contributed by atoms with Crippen molar-refractivity contribution in [1.29, 1.82) is 0 Å². The summed E-state index contributed by atoms with van der Waals surface area (Å²) in [5.74, 6) is -0.808. The molecule has 1 aliphatic rings. The number of carbonyl (C=O) groups excluding carboxylic acids is 2. The molecule has 0 unspecified atom stereocenters. The highest BCUT2D eigenvalue weighted by Crippen LogP contribution is 2.38. The van der Waals surface area contributed by atoms with Gasteiger partial charge >= 0.3 is 5.97 Å². The fraction of sp³-hybridized carbons (Fsp3) is 0.368. The van der Waals surface area contributed by atoms with Crippen molar-refractivity contribution in [2.24, 2.45) is 0 Å². The molecule has 1 aliphatic carbocycles. The van der Waals surface area contributed by atoms with Crippen molar-refractivity contribution in [2.45, 2.75) is 25.7 Å². The number of carbonyl (C=O) groups is 2. The molecule has 0 saturated heterocycles. The third kappa shape index (κ3) is 4.05. The molecular formula is C19H22N2O5S2. The number of methoxy groups -OCH3 is 1. The maximum absolute atomic E-state index is 12.7. The molecule has 0 bridgehead atoms. The maximum Gasteiger partial charge on any atom is 0.341 e. The second kappa shape index (κ2) is 7.92. The average Bonchev–Trinajstić information content (AvgIpc) is 3.04. The molecule has 2 aromatic rings. The number of nitrogens with one attached hydrogen (secondary N) is 1. The standard InChI is InChI=1S/C19H22N2O5S2/c1-21(28(3,24)25)13-10-8-12(9-11-13)17(22)20-18-16(19(23)26-2)14-6-4-5-7-15(14)27-18/h8-11H,4-7H2,1-3H3,(H,20,22). The molecule has 0 atom stereocenters. The van der Waals surface area contributed by atoms with E-state index in [2.05, 4.69) is 5.32 Å². The first kappa shape index (κ1) is 20.3. The topological polar surface area (TPSA) is 92.8 Å². The van der Waals surface area contributed by atoms with E-state index in [9.17, 15) is 18.0 Å². The van der Waals surface area contributed by atoms with Crippen molar-refractivity contribution in [3.8, 4) is 0 Å². The van der Waals surface area contributed by atoms with Crippen molar-refractivity contribution in [3.05, 3.63) is 45.8 Å². The molecule has 0 radical (unpaired) electrons. The lowest BCUT2D eigenvalue weighted by Gasteiger charge is -2.16.